The number of hydrogen-bond donors (Lipinski definition) is 0. The fraction of sp³-hybridized carbons (Fsp3) is 0.542. The van der Waals surface area contributed by atoms with Gasteiger partial charge in [0.2, 0.25) is 0 Å². The first kappa shape index (κ1) is 19.1. The molecule has 26 heavy (non-hydrogen) atoms. The molecule has 0 radical (unpaired) electrons. The van der Waals surface area contributed by atoms with Crippen LogP contribution in [0.25, 0.3) is 10.8 Å². The number of rotatable bonds is 7. The third kappa shape index (κ3) is 4.35. The SMILES string of the molecule is CCCCN1CCCC(C(=O)CC(C)(C)c2cccc3ccccc23)C1. The van der Waals surface area contributed by atoms with Crippen molar-refractivity contribution in [3.63, 3.8) is 0 Å². The van der Waals surface area contributed by atoms with Gasteiger partial charge in [-0.3, -0.25) is 4.79 Å². The quantitative estimate of drug-likeness (QED) is 0.648. The van der Waals surface area contributed by atoms with Gasteiger partial charge in [0.1, 0.15) is 5.78 Å². The summed E-state index contributed by atoms with van der Waals surface area (Å²) in [5.74, 6) is 0.666. The number of hydrogen-bond acceptors (Lipinski definition) is 2. The summed E-state index contributed by atoms with van der Waals surface area (Å²) < 4.78 is 0. The number of fused-ring (bicyclic) bond motifs is 1. The highest BCUT2D eigenvalue weighted by Crippen LogP contribution is 2.34. The minimum absolute atomic E-state index is 0.135. The Morgan fingerprint density at radius 1 is 1.15 bits per heavy atom. The van der Waals surface area contributed by atoms with Crippen molar-refractivity contribution < 1.29 is 4.79 Å². The lowest BCUT2D eigenvalue weighted by molar-refractivity contribution is -0.125. The van der Waals surface area contributed by atoms with E-state index in [4.69, 9.17) is 0 Å². The summed E-state index contributed by atoms with van der Waals surface area (Å²) in [5.41, 5.74) is 1.16. The van der Waals surface area contributed by atoms with Gasteiger partial charge in [-0.05, 0) is 54.1 Å². The third-order valence-electron chi connectivity index (χ3n) is 5.92. The lowest BCUT2D eigenvalue weighted by Crippen LogP contribution is -2.40. The number of Topliss-reactive ketones (excluding diaryl/α,β-unsaturated/α-hetero) is 1. The van der Waals surface area contributed by atoms with Crippen molar-refractivity contribution in [1.29, 1.82) is 0 Å². The van der Waals surface area contributed by atoms with Crippen molar-refractivity contribution in [3.8, 4) is 0 Å². The molecule has 1 saturated heterocycles. The molecule has 0 aromatic heterocycles. The molecule has 0 N–H and O–H groups in total. The standard InChI is InChI=1S/C24H33NO/c1-4-5-15-25-16-9-12-20(18-25)23(26)17-24(2,3)22-14-8-11-19-10-6-7-13-21(19)22/h6-8,10-11,13-14,20H,4-5,9,12,15-18H2,1-3H3. The number of carbonyl (C=O) groups excluding carboxylic acids is 1. The Labute approximate surface area is 158 Å². The fourth-order valence-electron chi connectivity index (χ4n) is 4.39. The number of nitrogens with zero attached hydrogens (tertiary/aromatic N) is 1. The summed E-state index contributed by atoms with van der Waals surface area (Å²) in [5, 5.41) is 2.54. The first-order valence-electron chi connectivity index (χ1n) is 10.2. The van der Waals surface area contributed by atoms with E-state index in [1.165, 1.54) is 29.2 Å². The van der Waals surface area contributed by atoms with E-state index in [0.29, 0.717) is 12.2 Å². The van der Waals surface area contributed by atoms with E-state index in [2.05, 4.69) is 68.1 Å². The Bertz CT molecular complexity index is 743. The van der Waals surface area contributed by atoms with E-state index in [0.717, 1.165) is 32.5 Å². The summed E-state index contributed by atoms with van der Waals surface area (Å²) in [7, 11) is 0. The third-order valence-corrected chi connectivity index (χ3v) is 5.92. The molecule has 2 aromatic rings. The van der Waals surface area contributed by atoms with Gasteiger partial charge in [-0.15, -0.1) is 0 Å². The van der Waals surface area contributed by atoms with Crippen molar-refractivity contribution in [1.82, 2.24) is 4.90 Å². The molecule has 1 fully saturated rings. The van der Waals surface area contributed by atoms with Crippen LogP contribution in [0.1, 0.15) is 58.4 Å². The van der Waals surface area contributed by atoms with Crippen LogP contribution in [0, 0.1) is 5.92 Å². The molecule has 2 heteroatoms. The van der Waals surface area contributed by atoms with Gasteiger partial charge in [0.25, 0.3) is 0 Å². The molecule has 1 aliphatic rings. The highest BCUT2D eigenvalue weighted by Gasteiger charge is 2.31. The van der Waals surface area contributed by atoms with Crippen LogP contribution in [0.2, 0.25) is 0 Å². The van der Waals surface area contributed by atoms with Gasteiger partial charge in [-0.2, -0.15) is 0 Å². The van der Waals surface area contributed by atoms with Gasteiger partial charge < -0.3 is 4.90 Å². The van der Waals surface area contributed by atoms with Crippen molar-refractivity contribution in [2.75, 3.05) is 19.6 Å². The van der Waals surface area contributed by atoms with E-state index in [1.54, 1.807) is 0 Å². The predicted octanol–water partition coefficient (Wildman–Crippen LogP) is 5.59. The first-order chi connectivity index (χ1) is 12.5. The Morgan fingerprint density at radius 2 is 1.92 bits per heavy atom. The second kappa shape index (κ2) is 8.35. The van der Waals surface area contributed by atoms with E-state index in [9.17, 15) is 4.79 Å². The van der Waals surface area contributed by atoms with Crippen LogP contribution < -0.4 is 0 Å². The predicted molar refractivity (Wildman–Crippen MR) is 111 cm³/mol. The fourth-order valence-corrected chi connectivity index (χ4v) is 4.39. The van der Waals surface area contributed by atoms with Crippen LogP contribution in [-0.4, -0.2) is 30.3 Å². The molecule has 0 spiro atoms. The Hall–Kier alpha value is -1.67. The molecule has 1 atom stereocenters. The summed E-state index contributed by atoms with van der Waals surface area (Å²) >= 11 is 0. The molecule has 0 aliphatic carbocycles. The minimum Gasteiger partial charge on any atom is -0.303 e. The van der Waals surface area contributed by atoms with E-state index >= 15 is 0 Å². The summed E-state index contributed by atoms with van der Waals surface area (Å²) in [4.78, 5) is 15.6. The number of likely N-dealkylation sites (tertiary alicyclic amines) is 1. The second-order valence-corrected chi connectivity index (χ2v) is 8.55. The highest BCUT2D eigenvalue weighted by molar-refractivity contribution is 5.88. The summed E-state index contributed by atoms with van der Waals surface area (Å²) in [6.07, 6.45) is 5.32. The van der Waals surface area contributed by atoms with Crippen LogP contribution in [0.15, 0.2) is 42.5 Å². The maximum atomic E-state index is 13.1. The number of piperidine rings is 1. The number of ketones is 1. The lowest BCUT2D eigenvalue weighted by Gasteiger charge is -2.34. The van der Waals surface area contributed by atoms with E-state index < -0.39 is 0 Å². The molecule has 1 unspecified atom stereocenters. The monoisotopic (exact) mass is 351 g/mol. The van der Waals surface area contributed by atoms with Gasteiger partial charge >= 0.3 is 0 Å². The van der Waals surface area contributed by atoms with Crippen molar-refractivity contribution >= 4 is 16.6 Å². The Kier molecular flexibility index (Phi) is 6.13. The van der Waals surface area contributed by atoms with Gasteiger partial charge in [0, 0.05) is 18.9 Å². The molecule has 2 aromatic carbocycles. The van der Waals surface area contributed by atoms with Gasteiger partial charge in [-0.1, -0.05) is 69.7 Å². The van der Waals surface area contributed by atoms with Crippen molar-refractivity contribution in [3.05, 3.63) is 48.0 Å². The van der Waals surface area contributed by atoms with Crippen LogP contribution >= 0.6 is 0 Å². The van der Waals surface area contributed by atoms with Gasteiger partial charge in [-0.25, -0.2) is 0 Å². The topological polar surface area (TPSA) is 20.3 Å². The Balaban J connectivity index is 1.73. The lowest BCUT2D eigenvalue weighted by atomic mass is 9.75. The minimum atomic E-state index is -0.135. The number of unbranched alkanes of at least 4 members (excludes halogenated alkanes) is 1. The second-order valence-electron chi connectivity index (χ2n) is 8.55. The molecule has 2 nitrogen and oxygen atoms in total. The maximum absolute atomic E-state index is 13.1. The summed E-state index contributed by atoms with van der Waals surface area (Å²) in [6.45, 7) is 9.96. The zero-order valence-corrected chi connectivity index (χ0v) is 16.6. The molecular formula is C24H33NO. The number of benzene rings is 2. The summed E-state index contributed by atoms with van der Waals surface area (Å²) in [6, 6.07) is 15.0. The average molecular weight is 352 g/mol. The largest absolute Gasteiger partial charge is 0.303 e. The van der Waals surface area contributed by atoms with Crippen molar-refractivity contribution in [2.24, 2.45) is 5.92 Å². The molecule has 1 aliphatic heterocycles. The molecule has 3 rings (SSSR count). The maximum Gasteiger partial charge on any atom is 0.138 e. The first-order valence-corrected chi connectivity index (χ1v) is 10.2. The van der Waals surface area contributed by atoms with Crippen LogP contribution in [0.4, 0.5) is 0 Å². The molecule has 0 saturated carbocycles. The highest BCUT2D eigenvalue weighted by atomic mass is 16.1. The van der Waals surface area contributed by atoms with Crippen LogP contribution in [-0.2, 0) is 10.2 Å². The zero-order valence-electron chi connectivity index (χ0n) is 16.6. The van der Waals surface area contributed by atoms with Gasteiger partial charge in [0.05, 0.1) is 0 Å². The average Bonchev–Trinajstić information content (AvgIpc) is 2.65. The van der Waals surface area contributed by atoms with Crippen molar-refractivity contribution in [2.45, 2.75) is 58.3 Å². The van der Waals surface area contributed by atoms with E-state index in [1.807, 2.05) is 0 Å². The normalized spacial score (nSPS) is 19.0. The van der Waals surface area contributed by atoms with Gasteiger partial charge in [0.15, 0.2) is 0 Å². The molecule has 0 bridgehead atoms. The van der Waals surface area contributed by atoms with E-state index in [-0.39, 0.29) is 11.3 Å². The molecule has 0 amide bonds. The Morgan fingerprint density at radius 3 is 2.73 bits per heavy atom. The molecular weight excluding hydrogens is 318 g/mol. The van der Waals surface area contributed by atoms with Crippen LogP contribution in [0.5, 0.6) is 0 Å². The smallest absolute Gasteiger partial charge is 0.138 e. The zero-order chi connectivity index (χ0) is 18.6. The van der Waals surface area contributed by atoms with Crippen LogP contribution in [0.3, 0.4) is 0 Å². The molecule has 1 heterocycles. The molecule has 140 valence electrons. The number of carbonyl (C=O) groups is 1.